The molecule has 112 valence electrons. The van der Waals surface area contributed by atoms with E-state index in [1.807, 2.05) is 12.1 Å². The van der Waals surface area contributed by atoms with Gasteiger partial charge in [-0.1, -0.05) is 39.0 Å². The molecule has 0 radical (unpaired) electrons. The van der Waals surface area contributed by atoms with E-state index in [4.69, 9.17) is 0 Å². The highest BCUT2D eigenvalue weighted by Gasteiger charge is 2.37. The molecule has 20 heavy (non-hydrogen) atoms. The Morgan fingerprint density at radius 2 is 2.10 bits per heavy atom. The number of nitrogens with zero attached hydrogens (tertiary/aromatic N) is 1. The molecule has 0 spiro atoms. The van der Waals surface area contributed by atoms with Crippen LogP contribution in [0.5, 0.6) is 0 Å². The highest BCUT2D eigenvalue weighted by molar-refractivity contribution is 5.18. The Morgan fingerprint density at radius 1 is 1.40 bits per heavy atom. The van der Waals surface area contributed by atoms with Gasteiger partial charge in [0.05, 0.1) is 0 Å². The predicted molar refractivity (Wildman–Crippen MR) is 82.1 cm³/mol. The van der Waals surface area contributed by atoms with Gasteiger partial charge < -0.3 is 5.32 Å². The van der Waals surface area contributed by atoms with Crippen molar-refractivity contribution in [2.24, 2.45) is 5.92 Å². The van der Waals surface area contributed by atoms with E-state index < -0.39 is 0 Å². The SMILES string of the molecule is CCC1(C)CNC(C(C)C)CN1Cc1ccccc1F. The van der Waals surface area contributed by atoms with E-state index in [2.05, 4.69) is 37.9 Å². The molecule has 1 heterocycles. The fraction of sp³-hybridized carbons (Fsp3) is 0.647. The van der Waals surface area contributed by atoms with Crippen molar-refractivity contribution in [2.75, 3.05) is 13.1 Å². The normalized spacial score (nSPS) is 28.0. The molecule has 1 aromatic rings. The Labute approximate surface area is 122 Å². The van der Waals surface area contributed by atoms with Crippen LogP contribution in [0.3, 0.4) is 0 Å². The van der Waals surface area contributed by atoms with Crippen molar-refractivity contribution in [1.29, 1.82) is 0 Å². The van der Waals surface area contributed by atoms with Crippen LogP contribution < -0.4 is 5.32 Å². The van der Waals surface area contributed by atoms with Gasteiger partial charge in [-0.05, 0) is 25.3 Å². The predicted octanol–water partition coefficient (Wildman–Crippen LogP) is 3.42. The van der Waals surface area contributed by atoms with Gasteiger partial charge >= 0.3 is 0 Å². The minimum absolute atomic E-state index is 0.0921. The summed E-state index contributed by atoms with van der Waals surface area (Å²) in [6, 6.07) is 7.62. The van der Waals surface area contributed by atoms with E-state index in [1.165, 1.54) is 0 Å². The van der Waals surface area contributed by atoms with E-state index in [0.29, 0.717) is 18.5 Å². The summed E-state index contributed by atoms with van der Waals surface area (Å²) in [5, 5.41) is 3.66. The number of rotatable bonds is 4. The van der Waals surface area contributed by atoms with Gasteiger partial charge in [-0.25, -0.2) is 4.39 Å². The highest BCUT2D eigenvalue weighted by atomic mass is 19.1. The monoisotopic (exact) mass is 278 g/mol. The Kier molecular flexibility index (Phi) is 4.82. The molecule has 2 rings (SSSR count). The van der Waals surface area contributed by atoms with Crippen LogP contribution in [-0.2, 0) is 6.54 Å². The fourth-order valence-electron chi connectivity index (χ4n) is 2.87. The number of hydrogen-bond donors (Lipinski definition) is 1. The molecule has 2 unspecified atom stereocenters. The standard InChI is InChI=1S/C17H27FN2/c1-5-17(4)12-19-16(13(2)3)11-20(17)10-14-8-6-7-9-15(14)18/h6-9,13,16,19H,5,10-12H2,1-4H3. The second-order valence-electron chi connectivity index (χ2n) is 6.55. The van der Waals surface area contributed by atoms with Gasteiger partial charge in [0.1, 0.15) is 5.82 Å². The number of piperazine rings is 1. The molecule has 1 fully saturated rings. The van der Waals surface area contributed by atoms with Crippen molar-refractivity contribution in [3.8, 4) is 0 Å². The van der Waals surface area contributed by atoms with Gasteiger partial charge in [-0.15, -0.1) is 0 Å². The largest absolute Gasteiger partial charge is 0.311 e. The molecule has 1 saturated heterocycles. The van der Waals surface area contributed by atoms with Crippen molar-refractivity contribution in [1.82, 2.24) is 10.2 Å². The molecule has 2 nitrogen and oxygen atoms in total. The topological polar surface area (TPSA) is 15.3 Å². The lowest BCUT2D eigenvalue weighted by atomic mass is 9.89. The minimum Gasteiger partial charge on any atom is -0.311 e. The number of benzene rings is 1. The van der Waals surface area contributed by atoms with Gasteiger partial charge in [0.2, 0.25) is 0 Å². The molecular weight excluding hydrogens is 251 g/mol. The van der Waals surface area contributed by atoms with Crippen LogP contribution in [0.1, 0.15) is 39.7 Å². The van der Waals surface area contributed by atoms with Gasteiger partial charge in [-0.3, -0.25) is 4.90 Å². The van der Waals surface area contributed by atoms with Gasteiger partial charge in [0.15, 0.2) is 0 Å². The van der Waals surface area contributed by atoms with Gasteiger partial charge in [0.25, 0.3) is 0 Å². The second kappa shape index (κ2) is 6.23. The molecule has 1 aliphatic rings. The second-order valence-corrected chi connectivity index (χ2v) is 6.55. The summed E-state index contributed by atoms with van der Waals surface area (Å²) in [6.07, 6.45) is 1.07. The first-order valence-corrected chi connectivity index (χ1v) is 7.68. The van der Waals surface area contributed by atoms with Crippen molar-refractivity contribution in [3.63, 3.8) is 0 Å². The summed E-state index contributed by atoms with van der Waals surface area (Å²) in [5.41, 5.74) is 0.907. The maximum atomic E-state index is 13.9. The van der Waals surface area contributed by atoms with Crippen molar-refractivity contribution >= 4 is 0 Å². The molecule has 1 aliphatic heterocycles. The molecule has 0 saturated carbocycles. The fourth-order valence-corrected chi connectivity index (χ4v) is 2.87. The van der Waals surface area contributed by atoms with E-state index >= 15 is 0 Å². The van der Waals surface area contributed by atoms with Crippen LogP contribution in [0.4, 0.5) is 4.39 Å². The van der Waals surface area contributed by atoms with E-state index in [1.54, 1.807) is 12.1 Å². The van der Waals surface area contributed by atoms with Gasteiger partial charge in [-0.2, -0.15) is 0 Å². The zero-order valence-electron chi connectivity index (χ0n) is 13.1. The van der Waals surface area contributed by atoms with E-state index in [0.717, 1.165) is 25.1 Å². The molecule has 2 atom stereocenters. The first kappa shape index (κ1) is 15.5. The molecule has 0 bridgehead atoms. The van der Waals surface area contributed by atoms with Crippen molar-refractivity contribution < 1.29 is 4.39 Å². The first-order valence-electron chi connectivity index (χ1n) is 7.68. The Balaban J connectivity index is 2.18. The molecule has 0 amide bonds. The zero-order chi connectivity index (χ0) is 14.8. The summed E-state index contributed by atoms with van der Waals surface area (Å²) >= 11 is 0. The molecule has 1 aromatic carbocycles. The highest BCUT2D eigenvalue weighted by Crippen LogP contribution is 2.27. The molecule has 0 aliphatic carbocycles. The number of hydrogen-bond acceptors (Lipinski definition) is 2. The van der Waals surface area contributed by atoms with Gasteiger partial charge in [0, 0.05) is 36.8 Å². The lowest BCUT2D eigenvalue weighted by molar-refractivity contribution is 0.0308. The third-order valence-electron chi connectivity index (χ3n) is 4.81. The summed E-state index contributed by atoms with van der Waals surface area (Å²) in [4.78, 5) is 2.45. The van der Waals surface area contributed by atoms with Crippen LogP contribution in [-0.4, -0.2) is 29.6 Å². The Morgan fingerprint density at radius 3 is 2.70 bits per heavy atom. The number of nitrogens with one attached hydrogen (secondary N) is 1. The van der Waals surface area contributed by atoms with Crippen LogP contribution in [0.25, 0.3) is 0 Å². The average Bonchev–Trinajstić information content (AvgIpc) is 2.43. The smallest absolute Gasteiger partial charge is 0.127 e. The zero-order valence-corrected chi connectivity index (χ0v) is 13.1. The molecule has 0 aromatic heterocycles. The summed E-state index contributed by atoms with van der Waals surface area (Å²) in [7, 11) is 0. The minimum atomic E-state index is -0.0921. The number of halogens is 1. The lowest BCUT2D eigenvalue weighted by Gasteiger charge is -2.49. The van der Waals surface area contributed by atoms with Crippen LogP contribution in [0.2, 0.25) is 0 Å². The maximum Gasteiger partial charge on any atom is 0.127 e. The summed E-state index contributed by atoms with van der Waals surface area (Å²) in [5.74, 6) is 0.505. The summed E-state index contributed by atoms with van der Waals surface area (Å²) in [6.45, 7) is 11.6. The third kappa shape index (κ3) is 3.21. The van der Waals surface area contributed by atoms with Crippen LogP contribution in [0, 0.1) is 11.7 Å². The average molecular weight is 278 g/mol. The Hall–Kier alpha value is -0.930. The van der Waals surface area contributed by atoms with Crippen molar-refractivity contribution in [3.05, 3.63) is 35.6 Å². The van der Waals surface area contributed by atoms with Crippen LogP contribution >= 0.6 is 0 Å². The van der Waals surface area contributed by atoms with E-state index in [-0.39, 0.29) is 11.4 Å². The molecular formula is C17H27FN2. The maximum absolute atomic E-state index is 13.9. The van der Waals surface area contributed by atoms with Crippen molar-refractivity contribution in [2.45, 2.75) is 52.2 Å². The van der Waals surface area contributed by atoms with E-state index in [9.17, 15) is 4.39 Å². The lowest BCUT2D eigenvalue weighted by Crippen LogP contribution is -2.63. The Bertz CT molecular complexity index is 446. The van der Waals surface area contributed by atoms with Crippen LogP contribution in [0.15, 0.2) is 24.3 Å². The molecule has 3 heteroatoms. The summed E-state index contributed by atoms with van der Waals surface area (Å²) < 4.78 is 13.9. The molecule has 1 N–H and O–H groups in total. The first-order chi connectivity index (χ1) is 9.46. The third-order valence-corrected chi connectivity index (χ3v) is 4.81. The quantitative estimate of drug-likeness (QED) is 0.908.